The molecule has 0 radical (unpaired) electrons. The Labute approximate surface area is 70.1 Å². The van der Waals surface area contributed by atoms with Crippen molar-refractivity contribution in [2.75, 3.05) is 6.54 Å². The number of ketones is 1. The van der Waals surface area contributed by atoms with Crippen LogP contribution in [0.1, 0.15) is 28.2 Å². The lowest BCUT2D eigenvalue weighted by Crippen LogP contribution is -2.06. The molecule has 0 bridgehead atoms. The van der Waals surface area contributed by atoms with Crippen molar-refractivity contribution in [3.63, 3.8) is 0 Å². The van der Waals surface area contributed by atoms with Gasteiger partial charge >= 0.3 is 0 Å². The Morgan fingerprint density at radius 1 is 1.50 bits per heavy atom. The van der Waals surface area contributed by atoms with Gasteiger partial charge in [-0.3, -0.25) is 9.89 Å². The first kappa shape index (κ1) is 7.49. The first-order valence-corrected chi connectivity index (χ1v) is 4.12. The molecule has 0 aromatic carbocycles. The summed E-state index contributed by atoms with van der Waals surface area (Å²) in [5.74, 6) is 0.210. The third kappa shape index (κ3) is 0.956. The summed E-state index contributed by atoms with van der Waals surface area (Å²) in [6.07, 6.45) is 2.13. The summed E-state index contributed by atoms with van der Waals surface area (Å²) < 4.78 is 0. The third-order valence-corrected chi connectivity index (χ3v) is 2.18. The average molecular weight is 165 g/mol. The molecule has 1 heterocycles. The van der Waals surface area contributed by atoms with Crippen LogP contribution in [0.2, 0.25) is 0 Å². The predicted molar refractivity (Wildman–Crippen MR) is 44.0 cm³/mol. The summed E-state index contributed by atoms with van der Waals surface area (Å²) in [5.41, 5.74) is 8.03. The predicted octanol–water partition coefficient (Wildman–Crippen LogP) is 0.0398. The number of carbonyl (C=O) groups is 1. The first-order chi connectivity index (χ1) is 5.83. The minimum absolute atomic E-state index is 0.210. The Morgan fingerprint density at radius 3 is 3.08 bits per heavy atom. The Balaban J connectivity index is 2.39. The molecule has 0 saturated heterocycles. The minimum atomic E-state index is 0.210. The van der Waals surface area contributed by atoms with Gasteiger partial charge < -0.3 is 5.73 Å². The molecule has 1 aliphatic carbocycles. The van der Waals surface area contributed by atoms with Crippen LogP contribution in [0, 0.1) is 0 Å². The highest BCUT2D eigenvalue weighted by Gasteiger charge is 2.25. The van der Waals surface area contributed by atoms with Gasteiger partial charge in [-0.1, -0.05) is 0 Å². The van der Waals surface area contributed by atoms with Gasteiger partial charge in [-0.05, 0) is 13.0 Å². The number of nitrogens with one attached hydrogen (secondary N) is 1. The second-order valence-electron chi connectivity index (χ2n) is 2.99. The molecule has 3 N–H and O–H groups in total. The van der Waals surface area contributed by atoms with Crippen molar-refractivity contribution in [3.05, 3.63) is 17.0 Å². The van der Waals surface area contributed by atoms with E-state index in [9.17, 15) is 4.79 Å². The molecule has 1 aromatic heterocycles. The monoisotopic (exact) mass is 165 g/mol. The molecule has 2 rings (SSSR count). The summed E-state index contributed by atoms with van der Waals surface area (Å²) in [6, 6.07) is 0. The molecule has 0 unspecified atom stereocenters. The topological polar surface area (TPSA) is 71.8 Å². The number of fused-ring (bicyclic) bond motifs is 1. The fraction of sp³-hybridized carbons (Fsp3) is 0.500. The van der Waals surface area contributed by atoms with Crippen molar-refractivity contribution in [3.8, 4) is 0 Å². The summed E-state index contributed by atoms with van der Waals surface area (Å²) >= 11 is 0. The highest BCUT2D eigenvalue weighted by molar-refractivity contribution is 6.00. The fourth-order valence-corrected chi connectivity index (χ4v) is 1.61. The zero-order valence-electron chi connectivity index (χ0n) is 6.76. The molecule has 0 spiro atoms. The van der Waals surface area contributed by atoms with Gasteiger partial charge in [0.25, 0.3) is 0 Å². The number of aryl methyl sites for hydroxylation is 1. The molecule has 1 aromatic rings. The molecule has 12 heavy (non-hydrogen) atoms. The maximum absolute atomic E-state index is 11.3. The Hall–Kier alpha value is -1.16. The normalized spacial score (nSPS) is 15.2. The van der Waals surface area contributed by atoms with E-state index in [4.69, 9.17) is 5.73 Å². The van der Waals surface area contributed by atoms with E-state index in [0.29, 0.717) is 19.4 Å². The molecule has 0 saturated carbocycles. The fourth-order valence-electron chi connectivity index (χ4n) is 1.61. The second kappa shape index (κ2) is 2.71. The van der Waals surface area contributed by atoms with Crippen LogP contribution in [0.4, 0.5) is 0 Å². The largest absolute Gasteiger partial charge is 0.330 e. The lowest BCUT2D eigenvalue weighted by molar-refractivity contribution is 0.0993. The second-order valence-corrected chi connectivity index (χ2v) is 2.99. The van der Waals surface area contributed by atoms with E-state index in [1.165, 1.54) is 0 Å². The van der Waals surface area contributed by atoms with Gasteiger partial charge in [-0.25, -0.2) is 0 Å². The number of aromatic amines is 1. The zero-order valence-corrected chi connectivity index (χ0v) is 6.76. The molecule has 1 aliphatic rings. The van der Waals surface area contributed by atoms with Crippen molar-refractivity contribution in [2.45, 2.75) is 19.3 Å². The van der Waals surface area contributed by atoms with Gasteiger partial charge in [0, 0.05) is 18.5 Å². The van der Waals surface area contributed by atoms with Gasteiger partial charge in [-0.15, -0.1) is 0 Å². The number of H-pyrrole nitrogens is 1. The Bertz CT molecular complexity index is 316. The lowest BCUT2D eigenvalue weighted by Gasteiger charge is -1.93. The summed E-state index contributed by atoms with van der Waals surface area (Å²) in [6.45, 7) is 0.546. The Morgan fingerprint density at radius 2 is 2.33 bits per heavy atom. The molecule has 4 nitrogen and oxygen atoms in total. The van der Waals surface area contributed by atoms with E-state index in [1.807, 2.05) is 0 Å². The van der Waals surface area contributed by atoms with Crippen molar-refractivity contribution >= 4 is 5.78 Å². The van der Waals surface area contributed by atoms with E-state index < -0.39 is 0 Å². The van der Waals surface area contributed by atoms with Crippen molar-refractivity contribution in [1.29, 1.82) is 0 Å². The molecular weight excluding hydrogens is 154 g/mol. The first-order valence-electron chi connectivity index (χ1n) is 4.12. The van der Waals surface area contributed by atoms with Gasteiger partial charge in [0.05, 0.1) is 11.3 Å². The molecule has 0 aliphatic heterocycles. The van der Waals surface area contributed by atoms with Gasteiger partial charge in [0.2, 0.25) is 0 Å². The average Bonchev–Trinajstić information content (AvgIpc) is 2.58. The molecule has 64 valence electrons. The van der Waals surface area contributed by atoms with Crippen molar-refractivity contribution in [2.24, 2.45) is 5.73 Å². The number of carbonyl (C=O) groups excluding carboxylic acids is 1. The van der Waals surface area contributed by atoms with Crippen LogP contribution in [0.3, 0.4) is 0 Å². The van der Waals surface area contributed by atoms with Gasteiger partial charge in [-0.2, -0.15) is 5.10 Å². The lowest BCUT2D eigenvalue weighted by atomic mass is 10.1. The maximum Gasteiger partial charge on any atom is 0.166 e. The van der Waals surface area contributed by atoms with Crippen LogP contribution in [0.25, 0.3) is 0 Å². The minimum Gasteiger partial charge on any atom is -0.330 e. The number of rotatable bonds is 2. The summed E-state index contributed by atoms with van der Waals surface area (Å²) in [7, 11) is 0. The summed E-state index contributed by atoms with van der Waals surface area (Å²) in [4.78, 5) is 11.3. The number of nitrogens with two attached hydrogens (primary N) is 1. The van der Waals surface area contributed by atoms with E-state index in [0.717, 1.165) is 23.4 Å². The van der Waals surface area contributed by atoms with Crippen LogP contribution in [0.15, 0.2) is 0 Å². The van der Waals surface area contributed by atoms with E-state index in [2.05, 4.69) is 10.2 Å². The number of hydrogen-bond acceptors (Lipinski definition) is 3. The van der Waals surface area contributed by atoms with Crippen LogP contribution in [0.5, 0.6) is 0 Å². The highest BCUT2D eigenvalue weighted by atomic mass is 16.1. The van der Waals surface area contributed by atoms with Crippen LogP contribution >= 0.6 is 0 Å². The van der Waals surface area contributed by atoms with E-state index >= 15 is 0 Å². The number of nitrogens with zero attached hydrogens (tertiary/aromatic N) is 1. The standard InChI is InChI=1S/C8H11N3O/c9-4-3-6-8-5(10-11-6)1-2-7(8)12/h1-4,9H2,(H,10,11). The van der Waals surface area contributed by atoms with E-state index in [1.54, 1.807) is 0 Å². The van der Waals surface area contributed by atoms with Crippen molar-refractivity contribution < 1.29 is 4.79 Å². The van der Waals surface area contributed by atoms with Crippen LogP contribution in [-0.2, 0) is 12.8 Å². The molecule has 0 amide bonds. The van der Waals surface area contributed by atoms with Crippen LogP contribution < -0.4 is 5.73 Å². The van der Waals surface area contributed by atoms with Crippen molar-refractivity contribution in [1.82, 2.24) is 10.2 Å². The quantitative estimate of drug-likeness (QED) is 0.650. The zero-order chi connectivity index (χ0) is 8.55. The smallest absolute Gasteiger partial charge is 0.166 e. The number of hydrogen-bond donors (Lipinski definition) is 2. The summed E-state index contributed by atoms with van der Waals surface area (Å²) in [5, 5.41) is 6.93. The molecule has 0 fully saturated rings. The van der Waals surface area contributed by atoms with E-state index in [-0.39, 0.29) is 5.78 Å². The molecular formula is C8H11N3O. The highest BCUT2D eigenvalue weighted by Crippen LogP contribution is 2.22. The van der Waals surface area contributed by atoms with Crippen LogP contribution in [-0.4, -0.2) is 22.5 Å². The maximum atomic E-state index is 11.3. The Kier molecular flexibility index (Phi) is 1.69. The van der Waals surface area contributed by atoms with Gasteiger partial charge in [0.15, 0.2) is 5.78 Å². The number of Topliss-reactive ketones (excluding diaryl/α,β-unsaturated/α-hetero) is 1. The molecule has 0 atom stereocenters. The van der Waals surface area contributed by atoms with Gasteiger partial charge in [0.1, 0.15) is 0 Å². The SMILES string of the molecule is NCCc1n[nH]c2c1C(=O)CC2. The molecule has 4 heteroatoms. The third-order valence-electron chi connectivity index (χ3n) is 2.18. The number of aromatic nitrogens is 2.